The molecular weight excluding hydrogens is 355 g/mol. The van der Waals surface area contributed by atoms with Gasteiger partial charge in [0, 0.05) is 23.7 Å². The molecule has 0 radical (unpaired) electrons. The van der Waals surface area contributed by atoms with Crippen LogP contribution >= 0.6 is 11.6 Å². The fraction of sp³-hybridized carbons (Fsp3) is 0.278. The lowest BCUT2D eigenvalue weighted by molar-refractivity contribution is -0.137. The van der Waals surface area contributed by atoms with Gasteiger partial charge in [-0.3, -0.25) is 9.36 Å². The maximum Gasteiger partial charge on any atom is 0.416 e. The van der Waals surface area contributed by atoms with Crippen molar-refractivity contribution < 1.29 is 17.9 Å². The molecule has 0 saturated heterocycles. The molecule has 0 aliphatic carbocycles. The highest BCUT2D eigenvalue weighted by molar-refractivity contribution is 6.17. The molecule has 7 heteroatoms. The third-order valence-electron chi connectivity index (χ3n) is 3.83. The summed E-state index contributed by atoms with van der Waals surface area (Å²) < 4.78 is 46.3. The van der Waals surface area contributed by atoms with E-state index in [0.29, 0.717) is 17.0 Å². The van der Waals surface area contributed by atoms with Crippen molar-refractivity contribution in [3.05, 3.63) is 69.6 Å². The fourth-order valence-corrected chi connectivity index (χ4v) is 2.87. The Kier molecular flexibility index (Phi) is 4.19. The van der Waals surface area contributed by atoms with Crippen LogP contribution in [0.25, 0.3) is 5.70 Å². The molecule has 0 fully saturated rings. The minimum Gasteiger partial charge on any atom is -0.483 e. The molecule has 3 rings (SSSR count). The van der Waals surface area contributed by atoms with Gasteiger partial charge in [-0.2, -0.15) is 13.2 Å². The van der Waals surface area contributed by atoms with E-state index in [1.165, 1.54) is 22.9 Å². The number of ether oxygens (including phenoxy) is 1. The Hall–Kier alpha value is -2.21. The second kappa shape index (κ2) is 5.95. The van der Waals surface area contributed by atoms with Gasteiger partial charge in [0.15, 0.2) is 0 Å². The summed E-state index contributed by atoms with van der Waals surface area (Å²) in [5.74, 6) is 0.474. The normalized spacial score (nSPS) is 16.0. The van der Waals surface area contributed by atoms with Gasteiger partial charge >= 0.3 is 6.18 Å². The third-order valence-corrected chi connectivity index (χ3v) is 4.13. The number of fused-ring (bicyclic) bond motifs is 1. The smallest absolute Gasteiger partial charge is 0.416 e. The molecule has 1 aromatic heterocycles. The van der Waals surface area contributed by atoms with E-state index in [1.54, 1.807) is 26.0 Å². The number of halogens is 4. The number of alkyl halides is 4. The number of hydrogen-bond donors (Lipinski definition) is 0. The van der Waals surface area contributed by atoms with E-state index in [4.69, 9.17) is 16.3 Å². The van der Waals surface area contributed by atoms with Crippen molar-refractivity contribution in [1.29, 1.82) is 0 Å². The van der Waals surface area contributed by atoms with Gasteiger partial charge in [0.25, 0.3) is 5.56 Å². The van der Waals surface area contributed by atoms with Crippen molar-refractivity contribution in [2.45, 2.75) is 31.5 Å². The molecule has 0 bridgehead atoms. The van der Waals surface area contributed by atoms with Crippen molar-refractivity contribution in [3.8, 4) is 5.75 Å². The predicted octanol–water partition coefficient (Wildman–Crippen LogP) is 4.67. The van der Waals surface area contributed by atoms with E-state index < -0.39 is 17.3 Å². The summed E-state index contributed by atoms with van der Waals surface area (Å²) in [6.07, 6.45) is -1.32. The fourth-order valence-electron chi connectivity index (χ4n) is 2.71. The van der Waals surface area contributed by atoms with Crippen LogP contribution < -0.4 is 10.3 Å². The average molecular weight is 370 g/mol. The first kappa shape index (κ1) is 17.6. The number of hydrogen-bond acceptors (Lipinski definition) is 2. The molecule has 2 aromatic rings. The molecule has 0 atom stereocenters. The SMILES string of the molecule is CC1(C)C=C(n2cc(CCl)ccc2=O)c2cc(C(F)(F)F)ccc2O1. The van der Waals surface area contributed by atoms with E-state index >= 15 is 0 Å². The van der Waals surface area contributed by atoms with Crippen LogP contribution in [0.3, 0.4) is 0 Å². The summed E-state index contributed by atoms with van der Waals surface area (Å²) in [6, 6.07) is 6.17. The molecule has 132 valence electrons. The predicted molar refractivity (Wildman–Crippen MR) is 89.8 cm³/mol. The zero-order valence-corrected chi connectivity index (χ0v) is 14.3. The Morgan fingerprint density at radius 2 is 1.92 bits per heavy atom. The van der Waals surface area contributed by atoms with Gasteiger partial charge in [0.05, 0.1) is 11.3 Å². The van der Waals surface area contributed by atoms with Gasteiger partial charge in [0.1, 0.15) is 11.4 Å². The van der Waals surface area contributed by atoms with Crippen LogP contribution in [-0.2, 0) is 12.1 Å². The molecule has 0 unspecified atom stereocenters. The van der Waals surface area contributed by atoms with E-state index in [2.05, 4.69) is 0 Å². The monoisotopic (exact) mass is 369 g/mol. The first-order valence-electron chi connectivity index (χ1n) is 7.52. The highest BCUT2D eigenvalue weighted by Crippen LogP contribution is 2.40. The summed E-state index contributed by atoms with van der Waals surface area (Å²) in [5.41, 5.74) is -0.709. The molecule has 0 N–H and O–H groups in total. The molecule has 0 saturated carbocycles. The van der Waals surface area contributed by atoms with Crippen LogP contribution in [0.2, 0.25) is 0 Å². The number of nitrogens with zero attached hydrogens (tertiary/aromatic N) is 1. The van der Waals surface area contributed by atoms with Crippen molar-refractivity contribution in [2.75, 3.05) is 0 Å². The largest absolute Gasteiger partial charge is 0.483 e. The second-order valence-electron chi connectivity index (χ2n) is 6.32. The first-order chi connectivity index (χ1) is 11.6. The topological polar surface area (TPSA) is 31.2 Å². The van der Waals surface area contributed by atoms with Crippen LogP contribution in [0.5, 0.6) is 5.75 Å². The summed E-state index contributed by atoms with van der Waals surface area (Å²) in [6.45, 7) is 3.54. The number of aromatic nitrogens is 1. The maximum absolute atomic E-state index is 13.1. The second-order valence-corrected chi connectivity index (χ2v) is 6.59. The third kappa shape index (κ3) is 3.44. The van der Waals surface area contributed by atoms with Crippen molar-refractivity contribution in [1.82, 2.24) is 4.57 Å². The Bertz CT molecular complexity index is 913. The minimum absolute atomic E-state index is 0.183. The minimum atomic E-state index is -4.49. The standard InChI is InChI=1S/C18H15ClF3NO2/c1-17(2)8-14(23-10-11(9-19)3-6-16(23)24)13-7-12(18(20,21)22)4-5-15(13)25-17/h3-8,10H,9H2,1-2H3. The zero-order valence-electron chi connectivity index (χ0n) is 13.5. The van der Waals surface area contributed by atoms with Gasteiger partial charge in [-0.25, -0.2) is 0 Å². The van der Waals surface area contributed by atoms with Gasteiger partial charge in [-0.15, -0.1) is 11.6 Å². The zero-order chi connectivity index (χ0) is 18.4. The summed E-state index contributed by atoms with van der Waals surface area (Å²) in [4.78, 5) is 12.3. The molecule has 3 nitrogen and oxygen atoms in total. The maximum atomic E-state index is 13.1. The van der Waals surface area contributed by atoms with Gasteiger partial charge < -0.3 is 4.74 Å². The Morgan fingerprint density at radius 3 is 2.56 bits per heavy atom. The molecule has 2 heterocycles. The number of benzene rings is 1. The van der Waals surface area contributed by atoms with Crippen LogP contribution in [0.4, 0.5) is 13.2 Å². The Morgan fingerprint density at radius 1 is 1.20 bits per heavy atom. The van der Waals surface area contributed by atoms with Gasteiger partial charge in [-0.1, -0.05) is 6.07 Å². The number of pyridine rings is 1. The molecule has 1 aliphatic rings. The van der Waals surface area contributed by atoms with Crippen LogP contribution in [0.15, 0.2) is 47.4 Å². The Labute approximate surface area is 147 Å². The van der Waals surface area contributed by atoms with E-state index in [-0.39, 0.29) is 17.0 Å². The van der Waals surface area contributed by atoms with Gasteiger partial charge in [-0.05, 0) is 43.7 Å². The summed E-state index contributed by atoms with van der Waals surface area (Å²) >= 11 is 5.82. The molecule has 25 heavy (non-hydrogen) atoms. The molecule has 1 aliphatic heterocycles. The van der Waals surface area contributed by atoms with Crippen LogP contribution in [-0.4, -0.2) is 10.2 Å². The molecular formula is C18H15ClF3NO2. The van der Waals surface area contributed by atoms with E-state index in [1.807, 2.05) is 0 Å². The van der Waals surface area contributed by atoms with Crippen molar-refractivity contribution in [2.24, 2.45) is 0 Å². The summed E-state index contributed by atoms with van der Waals surface area (Å²) in [7, 11) is 0. The quantitative estimate of drug-likeness (QED) is 0.720. The van der Waals surface area contributed by atoms with Crippen LogP contribution in [0, 0.1) is 0 Å². The van der Waals surface area contributed by atoms with E-state index in [9.17, 15) is 18.0 Å². The first-order valence-corrected chi connectivity index (χ1v) is 8.05. The molecule has 0 amide bonds. The molecule has 0 spiro atoms. The van der Waals surface area contributed by atoms with Crippen molar-refractivity contribution in [3.63, 3.8) is 0 Å². The van der Waals surface area contributed by atoms with Crippen LogP contribution in [0.1, 0.15) is 30.5 Å². The molecule has 1 aromatic carbocycles. The lowest BCUT2D eigenvalue weighted by Gasteiger charge is -2.32. The summed E-state index contributed by atoms with van der Waals surface area (Å²) in [5, 5.41) is 0. The highest BCUT2D eigenvalue weighted by atomic mass is 35.5. The average Bonchev–Trinajstić information content (AvgIpc) is 2.52. The Balaban J connectivity index is 2.26. The number of rotatable bonds is 2. The van der Waals surface area contributed by atoms with E-state index in [0.717, 1.165) is 12.1 Å². The van der Waals surface area contributed by atoms with Gasteiger partial charge in [0.2, 0.25) is 0 Å². The lowest BCUT2D eigenvalue weighted by atomic mass is 9.97. The highest BCUT2D eigenvalue weighted by Gasteiger charge is 2.34. The van der Waals surface area contributed by atoms with Crippen molar-refractivity contribution >= 4 is 17.3 Å². The lowest BCUT2D eigenvalue weighted by Crippen LogP contribution is -2.32.